The van der Waals surface area contributed by atoms with Crippen LogP contribution in [0, 0.1) is 0 Å². The van der Waals surface area contributed by atoms with Crippen LogP contribution in [-0.2, 0) is 9.53 Å². The minimum atomic E-state index is -0.882. The Bertz CT molecular complexity index is 281. The van der Waals surface area contributed by atoms with Crippen molar-refractivity contribution in [1.29, 1.82) is 0 Å². The lowest BCUT2D eigenvalue weighted by Gasteiger charge is -2.42. The van der Waals surface area contributed by atoms with Crippen LogP contribution in [0.5, 0.6) is 0 Å². The summed E-state index contributed by atoms with van der Waals surface area (Å²) in [5, 5.41) is 8.80. The van der Waals surface area contributed by atoms with Crippen LogP contribution in [0.2, 0.25) is 0 Å². The maximum Gasteiger partial charge on any atom is 0.407 e. The summed E-state index contributed by atoms with van der Waals surface area (Å²) < 4.78 is 5.66. The van der Waals surface area contributed by atoms with Gasteiger partial charge in [-0.25, -0.2) is 4.79 Å². The number of ketones is 1. The zero-order chi connectivity index (χ0) is 10.9. The van der Waals surface area contributed by atoms with Gasteiger partial charge in [0.05, 0.1) is 12.2 Å². The highest BCUT2D eigenvalue weighted by atomic mass is 16.5. The monoisotopic (exact) mass is 213 g/mol. The molecular weight excluding hydrogens is 198 g/mol. The van der Waals surface area contributed by atoms with Crippen LogP contribution in [0.1, 0.15) is 25.7 Å². The topological polar surface area (TPSA) is 66.8 Å². The number of carboxylic acid groups (broad SMARTS) is 1. The average molecular weight is 213 g/mol. The molecule has 84 valence electrons. The summed E-state index contributed by atoms with van der Waals surface area (Å²) in [5.74, 6) is 0.241. The van der Waals surface area contributed by atoms with E-state index in [9.17, 15) is 9.59 Å². The van der Waals surface area contributed by atoms with Gasteiger partial charge in [0, 0.05) is 25.9 Å². The van der Waals surface area contributed by atoms with E-state index in [1.165, 1.54) is 4.90 Å². The number of piperidine rings is 1. The number of rotatable bonds is 0. The van der Waals surface area contributed by atoms with E-state index in [0.29, 0.717) is 45.4 Å². The summed E-state index contributed by atoms with van der Waals surface area (Å²) >= 11 is 0. The van der Waals surface area contributed by atoms with Crippen LogP contribution in [-0.4, -0.2) is 47.2 Å². The van der Waals surface area contributed by atoms with Crippen LogP contribution in [0.15, 0.2) is 0 Å². The Morgan fingerprint density at radius 2 is 2.07 bits per heavy atom. The van der Waals surface area contributed by atoms with Crippen molar-refractivity contribution in [2.24, 2.45) is 0 Å². The number of carbonyl (C=O) groups is 2. The average Bonchev–Trinajstić information content (AvgIpc) is 2.18. The van der Waals surface area contributed by atoms with Crippen molar-refractivity contribution in [3.05, 3.63) is 0 Å². The molecule has 2 fully saturated rings. The minimum Gasteiger partial charge on any atom is -0.465 e. The maximum atomic E-state index is 11.3. The Morgan fingerprint density at radius 1 is 1.40 bits per heavy atom. The van der Waals surface area contributed by atoms with E-state index in [4.69, 9.17) is 9.84 Å². The quantitative estimate of drug-likeness (QED) is 0.648. The third-order valence-corrected chi connectivity index (χ3v) is 3.25. The van der Waals surface area contributed by atoms with Gasteiger partial charge in [-0.15, -0.1) is 0 Å². The second-order valence-corrected chi connectivity index (χ2v) is 4.27. The van der Waals surface area contributed by atoms with Crippen molar-refractivity contribution in [3.63, 3.8) is 0 Å². The van der Waals surface area contributed by atoms with Gasteiger partial charge in [-0.05, 0) is 12.8 Å². The summed E-state index contributed by atoms with van der Waals surface area (Å²) in [5.41, 5.74) is -0.360. The summed E-state index contributed by atoms with van der Waals surface area (Å²) in [7, 11) is 0. The number of likely N-dealkylation sites (tertiary alicyclic amines) is 1. The molecule has 2 aliphatic rings. The molecule has 1 spiro atoms. The summed E-state index contributed by atoms with van der Waals surface area (Å²) in [6.07, 6.45) is 1.37. The molecule has 1 N–H and O–H groups in total. The van der Waals surface area contributed by atoms with Gasteiger partial charge in [-0.2, -0.15) is 0 Å². The van der Waals surface area contributed by atoms with Gasteiger partial charge in [-0.3, -0.25) is 4.79 Å². The van der Waals surface area contributed by atoms with E-state index in [2.05, 4.69) is 0 Å². The molecule has 15 heavy (non-hydrogen) atoms. The molecule has 0 saturated carbocycles. The molecule has 0 aromatic heterocycles. The molecule has 2 heterocycles. The summed E-state index contributed by atoms with van der Waals surface area (Å²) in [6, 6.07) is 0. The van der Waals surface area contributed by atoms with Gasteiger partial charge in [-0.1, -0.05) is 0 Å². The highest BCUT2D eigenvalue weighted by Crippen LogP contribution is 2.33. The SMILES string of the molecule is O=C1CCOC2(CCN(C(=O)O)CC2)C1. The van der Waals surface area contributed by atoms with E-state index in [-0.39, 0.29) is 11.4 Å². The van der Waals surface area contributed by atoms with E-state index in [1.54, 1.807) is 0 Å². The Hall–Kier alpha value is -1.10. The van der Waals surface area contributed by atoms with Gasteiger partial charge < -0.3 is 14.7 Å². The van der Waals surface area contributed by atoms with Gasteiger partial charge >= 0.3 is 6.09 Å². The van der Waals surface area contributed by atoms with Gasteiger partial charge in [0.2, 0.25) is 0 Å². The van der Waals surface area contributed by atoms with Crippen molar-refractivity contribution in [2.45, 2.75) is 31.3 Å². The molecule has 2 aliphatic heterocycles. The second-order valence-electron chi connectivity index (χ2n) is 4.27. The standard InChI is InChI=1S/C10H15NO4/c12-8-1-6-15-10(7-8)2-4-11(5-3-10)9(13)14/h1-7H2,(H,13,14). The zero-order valence-electron chi connectivity index (χ0n) is 8.57. The third-order valence-electron chi connectivity index (χ3n) is 3.25. The molecule has 0 atom stereocenters. The molecular formula is C10H15NO4. The first-order valence-corrected chi connectivity index (χ1v) is 5.25. The van der Waals surface area contributed by atoms with E-state index in [1.807, 2.05) is 0 Å². The molecule has 0 radical (unpaired) electrons. The Labute approximate surface area is 88.0 Å². The molecule has 0 aliphatic carbocycles. The van der Waals surface area contributed by atoms with E-state index < -0.39 is 6.09 Å². The second kappa shape index (κ2) is 3.81. The van der Waals surface area contributed by atoms with Crippen LogP contribution in [0.3, 0.4) is 0 Å². The maximum absolute atomic E-state index is 11.3. The first-order chi connectivity index (χ1) is 7.11. The Balaban J connectivity index is 1.96. The fraction of sp³-hybridized carbons (Fsp3) is 0.800. The predicted octanol–water partition coefficient (Wildman–Crippen LogP) is 0.878. The normalized spacial score (nSPS) is 25.6. The van der Waals surface area contributed by atoms with Crippen molar-refractivity contribution < 1.29 is 19.4 Å². The van der Waals surface area contributed by atoms with Crippen LogP contribution >= 0.6 is 0 Å². The number of Topliss-reactive ketones (excluding diaryl/α,β-unsaturated/α-hetero) is 1. The van der Waals surface area contributed by atoms with Gasteiger partial charge in [0.25, 0.3) is 0 Å². The fourth-order valence-corrected chi connectivity index (χ4v) is 2.31. The molecule has 2 saturated heterocycles. The third kappa shape index (κ3) is 2.12. The number of carbonyl (C=O) groups excluding carboxylic acids is 1. The first kappa shape index (κ1) is 10.4. The lowest BCUT2D eigenvalue weighted by atomic mass is 9.84. The largest absolute Gasteiger partial charge is 0.465 e. The molecule has 0 bridgehead atoms. The van der Waals surface area contributed by atoms with Crippen LogP contribution in [0.25, 0.3) is 0 Å². The molecule has 1 amide bonds. The summed E-state index contributed by atoms with van der Waals surface area (Å²) in [4.78, 5) is 23.4. The molecule has 5 nitrogen and oxygen atoms in total. The first-order valence-electron chi connectivity index (χ1n) is 5.25. The number of nitrogens with zero attached hydrogens (tertiary/aromatic N) is 1. The number of hydrogen-bond acceptors (Lipinski definition) is 3. The van der Waals surface area contributed by atoms with Gasteiger partial charge in [0.15, 0.2) is 0 Å². The lowest BCUT2D eigenvalue weighted by Crippen LogP contribution is -2.50. The molecule has 2 rings (SSSR count). The fourth-order valence-electron chi connectivity index (χ4n) is 2.31. The van der Waals surface area contributed by atoms with E-state index in [0.717, 1.165) is 0 Å². The highest BCUT2D eigenvalue weighted by molar-refractivity contribution is 5.80. The minimum absolute atomic E-state index is 0.241. The van der Waals surface area contributed by atoms with Crippen molar-refractivity contribution in [1.82, 2.24) is 4.90 Å². The number of ether oxygens (including phenoxy) is 1. The van der Waals surface area contributed by atoms with Crippen molar-refractivity contribution in [3.8, 4) is 0 Å². The number of hydrogen-bond donors (Lipinski definition) is 1. The smallest absolute Gasteiger partial charge is 0.407 e. The van der Waals surface area contributed by atoms with Crippen molar-refractivity contribution >= 4 is 11.9 Å². The Kier molecular flexibility index (Phi) is 2.65. The highest BCUT2D eigenvalue weighted by Gasteiger charge is 2.40. The van der Waals surface area contributed by atoms with Crippen LogP contribution in [0.4, 0.5) is 4.79 Å². The van der Waals surface area contributed by atoms with Crippen molar-refractivity contribution in [2.75, 3.05) is 19.7 Å². The Morgan fingerprint density at radius 3 is 2.60 bits per heavy atom. The summed E-state index contributed by atoms with van der Waals surface area (Å²) in [6.45, 7) is 1.44. The van der Waals surface area contributed by atoms with Gasteiger partial charge in [0.1, 0.15) is 5.78 Å². The molecule has 5 heteroatoms. The number of amides is 1. The zero-order valence-corrected chi connectivity index (χ0v) is 8.57. The molecule has 0 aromatic carbocycles. The molecule has 0 aromatic rings. The van der Waals surface area contributed by atoms with E-state index >= 15 is 0 Å². The van der Waals surface area contributed by atoms with Crippen LogP contribution < -0.4 is 0 Å². The molecule has 0 unspecified atom stereocenters. The lowest BCUT2D eigenvalue weighted by molar-refractivity contribution is -0.146. The predicted molar refractivity (Wildman–Crippen MR) is 51.8 cm³/mol.